The van der Waals surface area contributed by atoms with Crippen molar-refractivity contribution in [2.75, 3.05) is 11.9 Å². The highest BCUT2D eigenvalue weighted by molar-refractivity contribution is 6.34. The maximum Gasteiger partial charge on any atom is 0.338 e. The molecule has 0 saturated heterocycles. The summed E-state index contributed by atoms with van der Waals surface area (Å²) in [6, 6.07) is 2.01. The van der Waals surface area contributed by atoms with Crippen LogP contribution in [0.15, 0.2) is 12.1 Å². The molecule has 21 heavy (non-hydrogen) atoms. The second kappa shape index (κ2) is 6.73. The van der Waals surface area contributed by atoms with E-state index in [1.54, 1.807) is 13.8 Å². The van der Waals surface area contributed by atoms with Gasteiger partial charge in [0, 0.05) is 18.7 Å². The van der Waals surface area contributed by atoms with E-state index in [0.29, 0.717) is 12.8 Å². The molecule has 3 N–H and O–H groups in total. The van der Waals surface area contributed by atoms with Gasteiger partial charge >= 0.3 is 5.97 Å². The maximum absolute atomic E-state index is 11.2. The van der Waals surface area contributed by atoms with Crippen molar-refractivity contribution in [1.29, 1.82) is 0 Å². The molecule has 0 spiro atoms. The summed E-state index contributed by atoms with van der Waals surface area (Å²) >= 11 is 5.93. The number of hydrogen-bond acceptors (Lipinski definition) is 5. The first-order valence-electron chi connectivity index (χ1n) is 6.41. The second-order valence-corrected chi connectivity index (χ2v) is 5.10. The predicted octanol–water partition coefficient (Wildman–Crippen LogP) is 2.91. The Morgan fingerprint density at radius 2 is 2.00 bits per heavy atom. The summed E-state index contributed by atoms with van der Waals surface area (Å²) in [6.07, 6.45) is 0.951. The van der Waals surface area contributed by atoms with Crippen molar-refractivity contribution in [2.45, 2.75) is 32.3 Å². The normalized spacial score (nSPS) is 11.2. The lowest BCUT2D eigenvalue weighted by Crippen LogP contribution is -2.35. The van der Waals surface area contributed by atoms with E-state index in [-0.39, 0.29) is 22.8 Å². The highest BCUT2D eigenvalue weighted by atomic mass is 35.5. The summed E-state index contributed by atoms with van der Waals surface area (Å²) in [4.78, 5) is 21.3. The van der Waals surface area contributed by atoms with Crippen LogP contribution in [0.5, 0.6) is 0 Å². The minimum Gasteiger partial charge on any atom is -0.478 e. The van der Waals surface area contributed by atoms with Gasteiger partial charge in [-0.2, -0.15) is 0 Å². The molecule has 1 aromatic carbocycles. The number of nitro benzene ring substituents is 1. The lowest BCUT2D eigenvalue weighted by molar-refractivity contribution is -0.384. The number of benzene rings is 1. The molecule has 0 saturated carbocycles. The van der Waals surface area contributed by atoms with Gasteiger partial charge in [-0.15, -0.1) is 0 Å². The fraction of sp³-hybridized carbons (Fsp3) is 0.462. The summed E-state index contributed by atoms with van der Waals surface area (Å²) in [5, 5.41) is 32.8. The average Bonchev–Trinajstić information content (AvgIpc) is 2.44. The number of non-ortho nitro benzene ring substituents is 1. The van der Waals surface area contributed by atoms with Crippen LogP contribution < -0.4 is 5.32 Å². The van der Waals surface area contributed by atoms with E-state index in [1.165, 1.54) is 0 Å². The van der Waals surface area contributed by atoms with Gasteiger partial charge in [-0.25, -0.2) is 4.79 Å². The van der Waals surface area contributed by atoms with Crippen molar-refractivity contribution in [3.05, 3.63) is 32.8 Å². The number of nitrogens with one attached hydrogen (secondary N) is 1. The van der Waals surface area contributed by atoms with E-state index in [1.807, 2.05) is 0 Å². The highest BCUT2D eigenvalue weighted by Crippen LogP contribution is 2.32. The zero-order valence-electron chi connectivity index (χ0n) is 11.7. The van der Waals surface area contributed by atoms with Crippen molar-refractivity contribution in [3.63, 3.8) is 0 Å². The van der Waals surface area contributed by atoms with Gasteiger partial charge in [0.1, 0.15) is 0 Å². The van der Waals surface area contributed by atoms with Crippen molar-refractivity contribution < 1.29 is 19.9 Å². The number of nitrogens with zero attached hydrogens (tertiary/aromatic N) is 1. The first-order valence-corrected chi connectivity index (χ1v) is 6.79. The van der Waals surface area contributed by atoms with Gasteiger partial charge in [0.2, 0.25) is 0 Å². The summed E-state index contributed by atoms with van der Waals surface area (Å²) in [7, 11) is 0. The lowest BCUT2D eigenvalue weighted by atomic mass is 9.97. The fourth-order valence-electron chi connectivity index (χ4n) is 1.80. The quantitative estimate of drug-likeness (QED) is 0.526. The highest BCUT2D eigenvalue weighted by Gasteiger charge is 2.25. The molecule has 1 rings (SSSR count). The SMILES string of the molecule is CCC(O)(CC)CNc1c(Cl)cc([N+](=O)[O-])cc1C(=O)O. The van der Waals surface area contributed by atoms with Crippen LogP contribution in [0.3, 0.4) is 0 Å². The molecule has 0 aliphatic carbocycles. The third kappa shape index (κ3) is 4.05. The third-order valence-corrected chi connectivity index (χ3v) is 3.72. The number of aliphatic hydroxyl groups is 1. The number of hydrogen-bond donors (Lipinski definition) is 3. The fourth-order valence-corrected chi connectivity index (χ4v) is 2.08. The van der Waals surface area contributed by atoms with E-state index in [2.05, 4.69) is 5.32 Å². The van der Waals surface area contributed by atoms with Gasteiger partial charge in [0.15, 0.2) is 0 Å². The van der Waals surface area contributed by atoms with E-state index >= 15 is 0 Å². The van der Waals surface area contributed by atoms with Crippen LogP contribution in [0.2, 0.25) is 5.02 Å². The van der Waals surface area contributed by atoms with Crippen LogP contribution in [0.1, 0.15) is 37.0 Å². The minimum absolute atomic E-state index is 0.0649. The number of carboxylic acid groups (broad SMARTS) is 1. The first-order chi connectivity index (χ1) is 9.74. The monoisotopic (exact) mass is 316 g/mol. The van der Waals surface area contributed by atoms with Crippen molar-refractivity contribution >= 4 is 28.9 Å². The molecular weight excluding hydrogens is 300 g/mol. The largest absolute Gasteiger partial charge is 0.478 e. The van der Waals surface area contributed by atoms with Gasteiger partial charge < -0.3 is 15.5 Å². The summed E-state index contributed by atoms with van der Waals surface area (Å²) < 4.78 is 0. The van der Waals surface area contributed by atoms with Gasteiger partial charge in [-0.1, -0.05) is 25.4 Å². The van der Waals surface area contributed by atoms with E-state index in [4.69, 9.17) is 16.7 Å². The molecule has 0 amide bonds. The van der Waals surface area contributed by atoms with Gasteiger partial charge in [-0.05, 0) is 12.8 Å². The van der Waals surface area contributed by atoms with E-state index in [0.717, 1.165) is 12.1 Å². The van der Waals surface area contributed by atoms with Crippen molar-refractivity contribution in [2.24, 2.45) is 0 Å². The summed E-state index contributed by atoms with van der Waals surface area (Å²) in [6.45, 7) is 3.71. The Labute approximate surface area is 126 Å². The smallest absolute Gasteiger partial charge is 0.338 e. The number of anilines is 1. The number of aromatic carboxylic acids is 1. The molecule has 0 aromatic heterocycles. The summed E-state index contributed by atoms with van der Waals surface area (Å²) in [5.74, 6) is -1.33. The van der Waals surface area contributed by atoms with Gasteiger partial charge in [-0.3, -0.25) is 10.1 Å². The number of carboxylic acids is 1. The topological polar surface area (TPSA) is 113 Å². The Morgan fingerprint density at radius 1 is 1.43 bits per heavy atom. The standard InChI is InChI=1S/C13H17ClN2O5/c1-3-13(19,4-2)7-15-11-9(12(17)18)5-8(16(20)21)6-10(11)14/h5-6,15,19H,3-4,7H2,1-2H3,(H,17,18). The number of halogens is 1. The number of carbonyl (C=O) groups is 1. The maximum atomic E-state index is 11.2. The van der Waals surface area contributed by atoms with Crippen LogP contribution in [-0.2, 0) is 0 Å². The molecule has 0 bridgehead atoms. The molecule has 0 atom stereocenters. The van der Waals surface area contributed by atoms with Crippen molar-refractivity contribution in [3.8, 4) is 0 Å². The molecule has 0 heterocycles. The van der Waals surface area contributed by atoms with Crippen LogP contribution in [0.25, 0.3) is 0 Å². The predicted molar refractivity (Wildman–Crippen MR) is 79.1 cm³/mol. The second-order valence-electron chi connectivity index (χ2n) is 4.70. The molecule has 0 radical (unpaired) electrons. The average molecular weight is 317 g/mol. The lowest BCUT2D eigenvalue weighted by Gasteiger charge is -2.26. The Hall–Kier alpha value is -1.86. The third-order valence-electron chi connectivity index (χ3n) is 3.43. The van der Waals surface area contributed by atoms with E-state index < -0.39 is 22.2 Å². The molecule has 7 nitrogen and oxygen atoms in total. The Bertz CT molecular complexity index is 558. The Kier molecular flexibility index (Phi) is 5.51. The van der Waals surface area contributed by atoms with Crippen LogP contribution >= 0.6 is 11.6 Å². The van der Waals surface area contributed by atoms with Crippen molar-refractivity contribution in [1.82, 2.24) is 0 Å². The zero-order chi connectivity index (χ0) is 16.2. The Morgan fingerprint density at radius 3 is 2.43 bits per heavy atom. The van der Waals surface area contributed by atoms with Gasteiger partial charge in [0.05, 0.1) is 26.8 Å². The number of nitro groups is 1. The zero-order valence-corrected chi connectivity index (χ0v) is 12.5. The van der Waals surface area contributed by atoms with Gasteiger partial charge in [0.25, 0.3) is 5.69 Å². The molecule has 0 aliphatic heterocycles. The molecule has 116 valence electrons. The molecular formula is C13H17ClN2O5. The van der Waals surface area contributed by atoms with Crippen LogP contribution in [0, 0.1) is 10.1 Å². The van der Waals surface area contributed by atoms with E-state index in [9.17, 15) is 20.0 Å². The minimum atomic E-state index is -1.33. The molecule has 8 heteroatoms. The molecule has 0 unspecified atom stereocenters. The number of rotatable bonds is 7. The van der Waals surface area contributed by atoms with Crippen LogP contribution in [0.4, 0.5) is 11.4 Å². The molecule has 0 aliphatic rings. The molecule has 1 aromatic rings. The van der Waals surface area contributed by atoms with Crippen LogP contribution in [-0.4, -0.2) is 33.3 Å². The molecule has 0 fully saturated rings. The summed E-state index contributed by atoms with van der Waals surface area (Å²) in [5.41, 5.74) is -1.64. The Balaban J connectivity index is 3.17. The first kappa shape index (κ1) is 17.2.